The monoisotopic (exact) mass is 154 g/mol. The van der Waals surface area contributed by atoms with Gasteiger partial charge in [0, 0.05) is 9.95 Å². The first-order valence-corrected chi connectivity index (χ1v) is 5.03. The Balaban J connectivity index is 3.72. The molecule has 3 heteroatoms. The minimum absolute atomic E-state index is 0.344. The summed E-state index contributed by atoms with van der Waals surface area (Å²) in [6, 6.07) is 0. The van der Waals surface area contributed by atoms with E-state index in [0.717, 1.165) is 5.75 Å². The second-order valence-corrected chi connectivity index (χ2v) is 4.65. The van der Waals surface area contributed by atoms with Gasteiger partial charge in [-0.15, -0.1) is 12.6 Å². The maximum absolute atomic E-state index is 4.18. The molecular weight excluding hydrogens is 144 g/mol. The molecule has 0 aliphatic heterocycles. The van der Waals surface area contributed by atoms with Gasteiger partial charge in [0.15, 0.2) is 0 Å². The van der Waals surface area contributed by atoms with Crippen molar-refractivity contribution in [1.29, 1.82) is 0 Å². The number of hydrogen-bond donors (Lipinski definition) is 2. The molecule has 0 heterocycles. The van der Waals surface area contributed by atoms with Crippen LogP contribution in [0.2, 0.25) is 0 Å². The van der Waals surface area contributed by atoms with Gasteiger partial charge in [0.2, 0.25) is 0 Å². The van der Waals surface area contributed by atoms with Crippen LogP contribution in [-0.4, -0.2) is 22.5 Å². The van der Waals surface area contributed by atoms with Crippen LogP contribution in [0.5, 0.6) is 0 Å². The molecule has 0 unspecified atom stereocenters. The average Bonchev–Trinajstić information content (AvgIpc) is 1.65. The molecule has 0 nitrogen and oxygen atoms in total. The van der Waals surface area contributed by atoms with Gasteiger partial charge < -0.3 is 0 Å². The van der Waals surface area contributed by atoms with Crippen molar-refractivity contribution in [2.75, 3.05) is 18.3 Å². The van der Waals surface area contributed by atoms with Crippen molar-refractivity contribution in [3.8, 4) is 0 Å². The van der Waals surface area contributed by atoms with E-state index in [0.29, 0.717) is 10.5 Å². The maximum Gasteiger partial charge on any atom is 0.0264 e. The normalized spacial score (nSPS) is 9.86. The minimum atomic E-state index is 0.344. The van der Waals surface area contributed by atoms with Crippen molar-refractivity contribution >= 4 is 39.9 Å². The molecule has 0 spiro atoms. The van der Waals surface area contributed by atoms with Crippen LogP contribution in [0.25, 0.3) is 0 Å². The number of thiol groups is 2. The third-order valence-electron chi connectivity index (χ3n) is 0.607. The fraction of sp³-hybridized carbons (Fsp3) is 0.750. The molecule has 0 aliphatic carbocycles. The van der Waals surface area contributed by atoms with E-state index in [1.165, 1.54) is 4.20 Å². The minimum Gasteiger partial charge on any atom is -0.182 e. The molecule has 0 rings (SSSR count). The number of hydrogen-bond acceptors (Lipinski definition) is 1. The first-order chi connectivity index (χ1) is 3.18. The third-order valence-corrected chi connectivity index (χ3v) is 3.73. The van der Waals surface area contributed by atoms with Crippen LogP contribution in [0.3, 0.4) is 0 Å². The molecule has 0 N–H and O–H groups in total. The molecule has 0 fully saturated rings. The molecule has 0 atom stereocenters. The zero-order valence-corrected chi connectivity index (χ0v) is 7.12. The van der Waals surface area contributed by atoms with Gasteiger partial charge in [-0.25, -0.2) is 0 Å². The van der Waals surface area contributed by atoms with Crippen LogP contribution in [0, 0.1) is 0 Å². The van der Waals surface area contributed by atoms with Crippen molar-refractivity contribution in [3.05, 3.63) is 0 Å². The highest BCUT2D eigenvalue weighted by molar-refractivity contribution is 8.28. The van der Waals surface area contributed by atoms with Crippen LogP contribution >= 0.6 is 35.7 Å². The lowest BCUT2D eigenvalue weighted by atomic mass is 11.0. The molecule has 7 heavy (non-hydrogen) atoms. The third kappa shape index (κ3) is 3.50. The highest BCUT2D eigenvalue weighted by Crippen LogP contribution is 2.05. The summed E-state index contributed by atoms with van der Waals surface area (Å²) in [5.74, 6) is 0.805. The molecule has 0 aromatic carbocycles. The second kappa shape index (κ2) is 3.87. The van der Waals surface area contributed by atoms with Crippen molar-refractivity contribution < 1.29 is 0 Å². The highest BCUT2D eigenvalue weighted by Gasteiger charge is 1.83. The van der Waals surface area contributed by atoms with Crippen LogP contribution in [0.4, 0.5) is 0 Å². The van der Waals surface area contributed by atoms with E-state index < -0.39 is 0 Å². The summed E-state index contributed by atoms with van der Waals surface area (Å²) in [6.07, 6.45) is 4.27. The SMILES string of the molecule is CS(C)=C(S)CS. The van der Waals surface area contributed by atoms with Gasteiger partial charge in [0.25, 0.3) is 0 Å². The van der Waals surface area contributed by atoms with Gasteiger partial charge in [0.05, 0.1) is 0 Å². The van der Waals surface area contributed by atoms with Gasteiger partial charge in [-0.2, -0.15) is 23.1 Å². The summed E-state index contributed by atoms with van der Waals surface area (Å²) < 4.78 is 1.18. The highest BCUT2D eigenvalue weighted by atomic mass is 32.2. The molecule has 0 aromatic rings. The van der Waals surface area contributed by atoms with Gasteiger partial charge in [-0.3, -0.25) is 0 Å². The lowest BCUT2D eigenvalue weighted by molar-refractivity contribution is 2.16. The lowest BCUT2D eigenvalue weighted by Crippen LogP contribution is -1.86. The van der Waals surface area contributed by atoms with Crippen molar-refractivity contribution in [3.63, 3.8) is 0 Å². The summed E-state index contributed by atoms with van der Waals surface area (Å²) in [7, 11) is 0.344. The van der Waals surface area contributed by atoms with Crippen LogP contribution in [-0.2, 0) is 0 Å². The largest absolute Gasteiger partial charge is 0.182 e. The van der Waals surface area contributed by atoms with Gasteiger partial charge in [-0.1, -0.05) is 0 Å². The molecule has 0 aromatic heterocycles. The van der Waals surface area contributed by atoms with Gasteiger partial charge in [0.1, 0.15) is 0 Å². The Morgan fingerprint density at radius 1 is 1.57 bits per heavy atom. The summed E-state index contributed by atoms with van der Waals surface area (Å²) in [5, 5.41) is 0. The van der Waals surface area contributed by atoms with E-state index in [9.17, 15) is 0 Å². The Bertz CT molecular complexity index is 80.9. The van der Waals surface area contributed by atoms with Crippen LogP contribution in [0.15, 0.2) is 0 Å². The van der Waals surface area contributed by atoms with Gasteiger partial charge in [-0.05, 0) is 12.5 Å². The fourth-order valence-corrected chi connectivity index (χ4v) is 1.16. The second-order valence-electron chi connectivity index (χ2n) is 1.37. The molecule has 0 saturated heterocycles. The number of rotatable bonds is 1. The van der Waals surface area contributed by atoms with Crippen molar-refractivity contribution in [1.82, 2.24) is 0 Å². The standard InChI is InChI=1S/C4H10S3/c1-7(2)4(6)3-5/h5-6H,3H2,1-2H3. The summed E-state index contributed by atoms with van der Waals surface area (Å²) in [4.78, 5) is 0. The molecule has 44 valence electrons. The molecule has 0 radical (unpaired) electrons. The first-order valence-electron chi connectivity index (χ1n) is 1.91. The topological polar surface area (TPSA) is 0 Å². The fourth-order valence-electron chi connectivity index (χ4n) is 0.129. The quantitative estimate of drug-likeness (QED) is 0.415. The Morgan fingerprint density at radius 3 is 2.00 bits per heavy atom. The molecule has 0 saturated carbocycles. The predicted octanol–water partition coefficient (Wildman–Crippen LogP) is 1.50. The zero-order chi connectivity index (χ0) is 5.86. The predicted molar refractivity (Wildman–Crippen MR) is 47.3 cm³/mol. The Morgan fingerprint density at radius 2 is 2.00 bits per heavy atom. The first kappa shape index (κ1) is 7.92. The smallest absolute Gasteiger partial charge is 0.0264 e. The van der Waals surface area contributed by atoms with Crippen molar-refractivity contribution in [2.45, 2.75) is 0 Å². The summed E-state index contributed by atoms with van der Waals surface area (Å²) >= 11 is 8.23. The van der Waals surface area contributed by atoms with E-state index in [4.69, 9.17) is 0 Å². The maximum atomic E-state index is 4.18. The molecule has 0 aliphatic rings. The van der Waals surface area contributed by atoms with E-state index in [-0.39, 0.29) is 0 Å². The summed E-state index contributed by atoms with van der Waals surface area (Å²) in [5.41, 5.74) is 0. The van der Waals surface area contributed by atoms with E-state index in [1.807, 2.05) is 0 Å². The van der Waals surface area contributed by atoms with E-state index in [2.05, 4.69) is 37.8 Å². The molecule has 0 bridgehead atoms. The molecule has 0 amide bonds. The Kier molecular flexibility index (Phi) is 4.37. The Hall–Kier alpha value is 0.920. The van der Waals surface area contributed by atoms with Crippen LogP contribution in [0.1, 0.15) is 0 Å². The van der Waals surface area contributed by atoms with Crippen LogP contribution < -0.4 is 0 Å². The van der Waals surface area contributed by atoms with Gasteiger partial charge >= 0.3 is 0 Å². The zero-order valence-electron chi connectivity index (χ0n) is 4.51. The van der Waals surface area contributed by atoms with Crippen molar-refractivity contribution in [2.24, 2.45) is 0 Å². The van der Waals surface area contributed by atoms with E-state index >= 15 is 0 Å². The Labute approximate surface area is 58.4 Å². The average molecular weight is 154 g/mol. The van der Waals surface area contributed by atoms with E-state index in [1.54, 1.807) is 0 Å². The molecular formula is C4H10S3. The lowest BCUT2D eigenvalue weighted by Gasteiger charge is -1.94. The summed E-state index contributed by atoms with van der Waals surface area (Å²) in [6.45, 7) is 0.